The molecule has 8 heteroatoms. The molecule has 4 rings (SSSR count). The van der Waals surface area contributed by atoms with Crippen LogP contribution in [0.25, 0.3) is 11.5 Å². The third kappa shape index (κ3) is 6.78. The standard InChI is InChI=1S/C32H42N6O2/c1-5-16-38(18-11-17-37(3)4)29(39)26-19-25(20-27(21-26)32(23-33)14-9-10-15-32)28-35-36-30(40-28)31(2,34)22-24-12-7-6-8-13-24/h6-8,12-13,19-21H,5,9-11,14-18,22,34H2,1-4H3/t31-/m1/s1. The average molecular weight is 543 g/mol. The average Bonchev–Trinajstić information content (AvgIpc) is 3.64. The molecule has 0 bridgehead atoms. The van der Waals surface area contributed by atoms with E-state index < -0.39 is 11.0 Å². The predicted molar refractivity (Wildman–Crippen MR) is 157 cm³/mol. The lowest BCUT2D eigenvalue weighted by Crippen LogP contribution is -2.35. The topological polar surface area (TPSA) is 112 Å². The maximum absolute atomic E-state index is 13.9. The molecule has 1 heterocycles. The number of nitrogens with zero attached hydrogens (tertiary/aromatic N) is 5. The van der Waals surface area contributed by atoms with Crippen molar-refractivity contribution in [3.63, 3.8) is 0 Å². The molecule has 2 aromatic carbocycles. The van der Waals surface area contributed by atoms with Gasteiger partial charge in [0.1, 0.15) is 0 Å². The molecular formula is C32H42N6O2. The summed E-state index contributed by atoms with van der Waals surface area (Å²) in [4.78, 5) is 17.9. The second kappa shape index (κ2) is 12.8. The number of benzene rings is 2. The van der Waals surface area contributed by atoms with Crippen LogP contribution in [0.1, 0.15) is 79.7 Å². The summed E-state index contributed by atoms with van der Waals surface area (Å²) < 4.78 is 6.16. The Kier molecular flexibility index (Phi) is 9.39. The predicted octanol–water partition coefficient (Wildman–Crippen LogP) is 5.29. The number of carbonyl (C=O) groups is 1. The van der Waals surface area contributed by atoms with Gasteiger partial charge >= 0.3 is 0 Å². The lowest BCUT2D eigenvalue weighted by molar-refractivity contribution is 0.0750. The summed E-state index contributed by atoms with van der Waals surface area (Å²) in [5.41, 5.74) is 8.27. The van der Waals surface area contributed by atoms with Crippen LogP contribution in [0.2, 0.25) is 0 Å². The highest BCUT2D eigenvalue weighted by Crippen LogP contribution is 2.42. The van der Waals surface area contributed by atoms with E-state index in [-0.39, 0.29) is 5.91 Å². The molecule has 1 saturated carbocycles. The fourth-order valence-corrected chi connectivity index (χ4v) is 5.61. The van der Waals surface area contributed by atoms with Crippen LogP contribution in [0.4, 0.5) is 0 Å². The maximum atomic E-state index is 13.9. The second-order valence-corrected chi connectivity index (χ2v) is 11.6. The van der Waals surface area contributed by atoms with Crippen LogP contribution < -0.4 is 5.73 Å². The first-order valence-corrected chi connectivity index (χ1v) is 14.4. The molecule has 1 aliphatic rings. The summed E-state index contributed by atoms with van der Waals surface area (Å²) in [6.45, 7) is 6.20. The maximum Gasteiger partial charge on any atom is 0.253 e. The number of carbonyl (C=O) groups excluding carboxylic acids is 1. The van der Waals surface area contributed by atoms with E-state index in [1.165, 1.54) is 0 Å². The summed E-state index contributed by atoms with van der Waals surface area (Å²) in [6, 6.07) is 18.2. The lowest BCUT2D eigenvalue weighted by Gasteiger charge is -2.26. The number of aromatic nitrogens is 2. The zero-order valence-corrected chi connectivity index (χ0v) is 24.3. The van der Waals surface area contributed by atoms with Gasteiger partial charge < -0.3 is 20.0 Å². The number of hydrogen-bond donors (Lipinski definition) is 1. The van der Waals surface area contributed by atoms with Crippen LogP contribution in [0, 0.1) is 11.3 Å². The van der Waals surface area contributed by atoms with E-state index >= 15 is 0 Å². The summed E-state index contributed by atoms with van der Waals surface area (Å²) in [6.07, 6.45) is 5.81. The zero-order valence-electron chi connectivity index (χ0n) is 24.3. The van der Waals surface area contributed by atoms with Crippen LogP contribution >= 0.6 is 0 Å². The normalized spacial score (nSPS) is 16.0. The molecule has 1 fully saturated rings. The largest absolute Gasteiger partial charge is 0.419 e. The molecule has 0 saturated heterocycles. The monoisotopic (exact) mass is 542 g/mol. The molecule has 3 aromatic rings. The fourth-order valence-electron chi connectivity index (χ4n) is 5.61. The Morgan fingerprint density at radius 3 is 2.48 bits per heavy atom. The van der Waals surface area contributed by atoms with Gasteiger partial charge in [0.05, 0.1) is 17.0 Å². The Labute approximate surface area is 238 Å². The summed E-state index contributed by atoms with van der Waals surface area (Å²) in [5.74, 6) is 0.593. The van der Waals surface area contributed by atoms with E-state index in [9.17, 15) is 10.1 Å². The SMILES string of the molecule is CCCN(CCCN(C)C)C(=O)c1cc(-c2nnc([C@](C)(N)Cc3ccccc3)o2)cc(C2(C#N)CCCC2)c1. The quantitative estimate of drug-likeness (QED) is 0.331. The Hall–Kier alpha value is -3.54. The van der Waals surface area contributed by atoms with Crippen molar-refractivity contribution < 1.29 is 9.21 Å². The van der Waals surface area contributed by atoms with E-state index in [2.05, 4.69) is 28.1 Å². The molecule has 2 N–H and O–H groups in total. The first-order valence-electron chi connectivity index (χ1n) is 14.4. The third-order valence-electron chi connectivity index (χ3n) is 7.79. The number of rotatable bonds is 12. The highest BCUT2D eigenvalue weighted by atomic mass is 16.4. The van der Waals surface area contributed by atoms with Gasteiger partial charge in [-0.05, 0) is 89.0 Å². The van der Waals surface area contributed by atoms with Crippen LogP contribution in [0.3, 0.4) is 0 Å². The minimum absolute atomic E-state index is 0.0396. The van der Waals surface area contributed by atoms with Crippen molar-refractivity contribution in [2.24, 2.45) is 5.73 Å². The van der Waals surface area contributed by atoms with Crippen LogP contribution in [-0.2, 0) is 17.4 Å². The van der Waals surface area contributed by atoms with Gasteiger partial charge in [-0.25, -0.2) is 0 Å². The van der Waals surface area contributed by atoms with Crippen molar-refractivity contribution in [2.75, 3.05) is 33.7 Å². The minimum atomic E-state index is -0.868. The highest BCUT2D eigenvalue weighted by molar-refractivity contribution is 5.95. The molecular weight excluding hydrogens is 500 g/mol. The summed E-state index contributed by atoms with van der Waals surface area (Å²) in [5, 5.41) is 18.9. The molecule has 1 amide bonds. The Bertz CT molecular complexity index is 1320. The van der Waals surface area contributed by atoms with Crippen molar-refractivity contribution in [3.05, 3.63) is 71.1 Å². The lowest BCUT2D eigenvalue weighted by atomic mass is 9.79. The molecule has 0 radical (unpaired) electrons. The van der Waals surface area contributed by atoms with Gasteiger partial charge in [0, 0.05) is 24.2 Å². The Morgan fingerprint density at radius 1 is 1.10 bits per heavy atom. The van der Waals surface area contributed by atoms with E-state index in [0.29, 0.717) is 42.4 Å². The van der Waals surface area contributed by atoms with E-state index in [1.807, 2.05) is 74.4 Å². The molecule has 0 spiro atoms. The molecule has 40 heavy (non-hydrogen) atoms. The van der Waals surface area contributed by atoms with E-state index in [0.717, 1.165) is 56.2 Å². The molecule has 8 nitrogen and oxygen atoms in total. The Balaban J connectivity index is 1.70. The van der Waals surface area contributed by atoms with Gasteiger partial charge in [-0.1, -0.05) is 50.1 Å². The molecule has 1 aliphatic carbocycles. The number of amides is 1. The summed E-state index contributed by atoms with van der Waals surface area (Å²) >= 11 is 0. The van der Waals surface area contributed by atoms with Crippen molar-refractivity contribution in [3.8, 4) is 17.5 Å². The first-order chi connectivity index (χ1) is 19.2. The number of nitriles is 1. The van der Waals surface area contributed by atoms with Gasteiger partial charge in [-0.3, -0.25) is 4.79 Å². The first kappa shape index (κ1) is 29.4. The van der Waals surface area contributed by atoms with Crippen molar-refractivity contribution in [1.82, 2.24) is 20.0 Å². The number of nitrogens with two attached hydrogens (primary N) is 1. The van der Waals surface area contributed by atoms with Gasteiger partial charge in [-0.15, -0.1) is 10.2 Å². The highest BCUT2D eigenvalue weighted by Gasteiger charge is 2.37. The molecule has 0 unspecified atom stereocenters. The van der Waals surface area contributed by atoms with Gasteiger partial charge in [0.2, 0.25) is 11.8 Å². The van der Waals surface area contributed by atoms with Crippen LogP contribution in [0.15, 0.2) is 52.9 Å². The van der Waals surface area contributed by atoms with Crippen LogP contribution in [-0.4, -0.2) is 59.6 Å². The molecule has 212 valence electrons. The second-order valence-electron chi connectivity index (χ2n) is 11.6. The summed E-state index contributed by atoms with van der Waals surface area (Å²) in [7, 11) is 4.07. The van der Waals surface area contributed by atoms with E-state index in [4.69, 9.17) is 10.2 Å². The van der Waals surface area contributed by atoms with Gasteiger partial charge in [-0.2, -0.15) is 5.26 Å². The zero-order chi connectivity index (χ0) is 28.8. The molecule has 1 atom stereocenters. The van der Waals surface area contributed by atoms with Crippen molar-refractivity contribution >= 4 is 5.91 Å². The fraction of sp³-hybridized carbons (Fsp3) is 0.500. The van der Waals surface area contributed by atoms with Gasteiger partial charge in [0.25, 0.3) is 5.91 Å². The van der Waals surface area contributed by atoms with Crippen LogP contribution in [0.5, 0.6) is 0 Å². The van der Waals surface area contributed by atoms with Crippen molar-refractivity contribution in [2.45, 2.75) is 69.7 Å². The molecule has 1 aromatic heterocycles. The van der Waals surface area contributed by atoms with Gasteiger partial charge in [0.15, 0.2) is 0 Å². The number of hydrogen-bond acceptors (Lipinski definition) is 7. The molecule has 0 aliphatic heterocycles. The Morgan fingerprint density at radius 2 is 1.82 bits per heavy atom. The minimum Gasteiger partial charge on any atom is -0.419 e. The smallest absolute Gasteiger partial charge is 0.253 e. The van der Waals surface area contributed by atoms with E-state index in [1.54, 1.807) is 0 Å². The third-order valence-corrected chi connectivity index (χ3v) is 7.79. The van der Waals surface area contributed by atoms with Crippen molar-refractivity contribution in [1.29, 1.82) is 5.26 Å².